The highest BCUT2D eigenvalue weighted by Crippen LogP contribution is 2.17. The van der Waals surface area contributed by atoms with Crippen LogP contribution >= 0.6 is 0 Å². The normalized spacial score (nSPS) is 11.3. The van der Waals surface area contributed by atoms with Crippen molar-refractivity contribution in [3.8, 4) is 5.75 Å². The molecular weight excluding hydrogens is 375 g/mol. The Morgan fingerprint density at radius 1 is 1.07 bits per heavy atom. The maximum atomic E-state index is 12.0. The highest BCUT2D eigenvalue weighted by molar-refractivity contribution is 5.88. The lowest BCUT2D eigenvalue weighted by Crippen LogP contribution is -2.29. The summed E-state index contributed by atoms with van der Waals surface area (Å²) in [5.41, 5.74) is 0.917. The van der Waals surface area contributed by atoms with Crippen LogP contribution in [0.1, 0.15) is 57.4 Å². The van der Waals surface area contributed by atoms with E-state index in [0.717, 1.165) is 24.2 Å². The average molecular weight is 403 g/mol. The molecule has 0 unspecified atom stereocenters. The second kappa shape index (κ2) is 13.1. The minimum absolute atomic E-state index is 0.0901. The smallest absolute Gasteiger partial charge is 0.491 e. The lowest BCUT2D eigenvalue weighted by molar-refractivity contribution is -0.201. The fraction of sp³-hybridized carbons (Fsp3) is 0.600. The van der Waals surface area contributed by atoms with Gasteiger partial charge in [0, 0.05) is 13.1 Å². The summed E-state index contributed by atoms with van der Waals surface area (Å²) in [7, 11) is 0. The van der Waals surface area contributed by atoms with Crippen LogP contribution in [0.2, 0.25) is 0 Å². The van der Waals surface area contributed by atoms with E-state index < -0.39 is 18.1 Å². The number of esters is 2. The van der Waals surface area contributed by atoms with Crippen LogP contribution in [0.15, 0.2) is 24.3 Å². The summed E-state index contributed by atoms with van der Waals surface area (Å²) in [6.07, 6.45) is 1.62. The molecule has 0 heterocycles. The van der Waals surface area contributed by atoms with E-state index in [1.165, 1.54) is 25.7 Å². The summed E-state index contributed by atoms with van der Waals surface area (Å²) in [5.74, 6) is -2.96. The van der Waals surface area contributed by atoms with Gasteiger partial charge >= 0.3 is 18.1 Å². The molecule has 0 amide bonds. The van der Waals surface area contributed by atoms with E-state index in [1.54, 1.807) is 0 Å². The van der Waals surface area contributed by atoms with Crippen LogP contribution < -0.4 is 10.1 Å². The maximum absolute atomic E-state index is 12.0. The number of alkyl halides is 3. The Labute approximate surface area is 163 Å². The Morgan fingerprint density at radius 2 is 1.79 bits per heavy atom. The number of rotatable bonds is 13. The molecule has 0 aromatic heterocycles. The number of carbonyl (C=O) groups is 2. The molecule has 1 N–H and O–H groups in total. The summed E-state index contributed by atoms with van der Waals surface area (Å²) in [6.45, 7) is 3.34. The highest BCUT2D eigenvalue weighted by atomic mass is 19.4. The molecule has 1 rings (SSSR count). The van der Waals surface area contributed by atoms with Crippen LogP contribution in [0, 0.1) is 0 Å². The molecule has 0 spiro atoms. The third-order valence-corrected chi connectivity index (χ3v) is 3.94. The summed E-state index contributed by atoms with van der Waals surface area (Å²) in [5, 5.41) is 2.92. The summed E-state index contributed by atoms with van der Waals surface area (Å²) in [4.78, 5) is 21.7. The van der Waals surface area contributed by atoms with E-state index in [2.05, 4.69) is 17.0 Å². The number of hydrogen-bond donors (Lipinski definition) is 1. The maximum Gasteiger partial charge on any atom is 0.491 e. The van der Waals surface area contributed by atoms with Gasteiger partial charge < -0.3 is 14.8 Å². The van der Waals surface area contributed by atoms with Crippen LogP contribution in [0.5, 0.6) is 5.75 Å². The monoisotopic (exact) mass is 403 g/mol. The zero-order chi connectivity index (χ0) is 20.8. The Kier molecular flexibility index (Phi) is 11.2. The molecule has 0 aliphatic carbocycles. The Bertz CT molecular complexity index is 605. The van der Waals surface area contributed by atoms with E-state index in [1.807, 2.05) is 24.3 Å². The summed E-state index contributed by atoms with van der Waals surface area (Å²) >= 11 is 0. The van der Waals surface area contributed by atoms with Gasteiger partial charge in [-0.1, -0.05) is 51.2 Å². The Balaban J connectivity index is 2.21. The fourth-order valence-electron chi connectivity index (χ4n) is 2.45. The SMILES string of the molecule is CCCCCCCCOc1cccc(CNCCC(=O)OC(=O)C(F)(F)F)c1. The van der Waals surface area contributed by atoms with Crippen molar-refractivity contribution in [2.75, 3.05) is 13.2 Å². The van der Waals surface area contributed by atoms with Crippen LogP contribution in [-0.4, -0.2) is 31.3 Å². The minimum atomic E-state index is -5.17. The van der Waals surface area contributed by atoms with Crippen molar-refractivity contribution >= 4 is 11.9 Å². The Morgan fingerprint density at radius 3 is 2.50 bits per heavy atom. The van der Waals surface area contributed by atoms with E-state index in [9.17, 15) is 22.8 Å². The second-order valence-electron chi connectivity index (χ2n) is 6.45. The van der Waals surface area contributed by atoms with Gasteiger partial charge in [0.1, 0.15) is 5.75 Å². The number of carbonyl (C=O) groups excluding carboxylic acids is 2. The molecule has 0 aliphatic rings. The van der Waals surface area contributed by atoms with Gasteiger partial charge in [-0.15, -0.1) is 0 Å². The molecule has 1 aromatic rings. The lowest BCUT2D eigenvalue weighted by atomic mass is 10.1. The molecule has 158 valence electrons. The third-order valence-electron chi connectivity index (χ3n) is 3.94. The minimum Gasteiger partial charge on any atom is -0.494 e. The molecule has 0 radical (unpaired) electrons. The molecule has 0 aliphatic heterocycles. The largest absolute Gasteiger partial charge is 0.494 e. The van der Waals surface area contributed by atoms with E-state index in [0.29, 0.717) is 13.2 Å². The third kappa shape index (κ3) is 10.9. The molecule has 0 fully saturated rings. The number of halogens is 3. The Hall–Kier alpha value is -2.09. The van der Waals surface area contributed by atoms with Gasteiger partial charge in [0.15, 0.2) is 0 Å². The molecule has 0 atom stereocenters. The van der Waals surface area contributed by atoms with Crippen LogP contribution in [0.4, 0.5) is 13.2 Å². The average Bonchev–Trinajstić information content (AvgIpc) is 2.64. The van der Waals surface area contributed by atoms with Gasteiger partial charge in [-0.3, -0.25) is 4.79 Å². The van der Waals surface area contributed by atoms with Crippen molar-refractivity contribution in [2.45, 2.75) is 64.6 Å². The zero-order valence-corrected chi connectivity index (χ0v) is 16.1. The predicted molar refractivity (Wildman–Crippen MR) is 98.8 cm³/mol. The highest BCUT2D eigenvalue weighted by Gasteiger charge is 2.42. The predicted octanol–water partition coefficient (Wildman–Crippen LogP) is 4.54. The number of ether oxygens (including phenoxy) is 2. The molecule has 5 nitrogen and oxygen atoms in total. The van der Waals surface area contributed by atoms with Crippen LogP contribution in [0.3, 0.4) is 0 Å². The van der Waals surface area contributed by atoms with Gasteiger partial charge in [0.05, 0.1) is 13.0 Å². The van der Waals surface area contributed by atoms with Crippen molar-refractivity contribution in [1.29, 1.82) is 0 Å². The number of benzene rings is 1. The number of hydrogen-bond acceptors (Lipinski definition) is 5. The van der Waals surface area contributed by atoms with Crippen molar-refractivity contribution in [3.63, 3.8) is 0 Å². The zero-order valence-electron chi connectivity index (χ0n) is 16.1. The summed E-state index contributed by atoms with van der Waals surface area (Å²) in [6, 6.07) is 7.45. The van der Waals surface area contributed by atoms with Gasteiger partial charge in [0.2, 0.25) is 0 Å². The van der Waals surface area contributed by atoms with E-state index in [4.69, 9.17) is 4.74 Å². The first-order valence-corrected chi connectivity index (χ1v) is 9.57. The summed E-state index contributed by atoms with van der Waals surface area (Å²) < 4.78 is 45.4. The van der Waals surface area contributed by atoms with E-state index >= 15 is 0 Å². The van der Waals surface area contributed by atoms with Gasteiger partial charge in [0.25, 0.3) is 0 Å². The fourth-order valence-corrected chi connectivity index (χ4v) is 2.45. The molecule has 0 saturated heterocycles. The molecule has 28 heavy (non-hydrogen) atoms. The first-order valence-electron chi connectivity index (χ1n) is 9.57. The van der Waals surface area contributed by atoms with Gasteiger partial charge in [-0.05, 0) is 24.1 Å². The lowest BCUT2D eigenvalue weighted by Gasteiger charge is -2.09. The second-order valence-corrected chi connectivity index (χ2v) is 6.45. The van der Waals surface area contributed by atoms with Crippen molar-refractivity contribution in [1.82, 2.24) is 5.32 Å². The quantitative estimate of drug-likeness (QED) is 0.298. The number of nitrogens with one attached hydrogen (secondary N) is 1. The van der Waals surface area contributed by atoms with E-state index in [-0.39, 0.29) is 13.0 Å². The van der Waals surface area contributed by atoms with Crippen molar-refractivity contribution < 1.29 is 32.2 Å². The van der Waals surface area contributed by atoms with Crippen LogP contribution in [0.25, 0.3) is 0 Å². The molecule has 1 aromatic carbocycles. The molecule has 8 heteroatoms. The first-order chi connectivity index (χ1) is 13.3. The molecular formula is C20H28F3NO4. The molecule has 0 bridgehead atoms. The molecule has 0 saturated carbocycles. The number of unbranched alkanes of at least 4 members (excludes halogenated alkanes) is 5. The van der Waals surface area contributed by atoms with Gasteiger partial charge in [-0.2, -0.15) is 13.2 Å². The standard InChI is InChI=1S/C20H28F3NO4/c1-2-3-4-5-6-7-13-27-17-10-8-9-16(14-17)15-24-12-11-18(25)28-19(26)20(21,22)23/h8-10,14,24H,2-7,11-13,15H2,1H3. The van der Waals surface area contributed by atoms with Gasteiger partial charge in [-0.25, -0.2) is 4.79 Å². The van der Waals surface area contributed by atoms with Crippen molar-refractivity contribution in [3.05, 3.63) is 29.8 Å². The first kappa shape index (κ1) is 23.9. The topological polar surface area (TPSA) is 64.6 Å². The van der Waals surface area contributed by atoms with Crippen molar-refractivity contribution in [2.24, 2.45) is 0 Å². The van der Waals surface area contributed by atoms with Crippen LogP contribution in [-0.2, 0) is 20.9 Å².